The molecule has 2 atom stereocenters. The van der Waals surface area contributed by atoms with Crippen LogP contribution in [0.3, 0.4) is 0 Å². The molecule has 2 fully saturated rings. The van der Waals surface area contributed by atoms with E-state index < -0.39 is 0 Å². The maximum absolute atomic E-state index is 5.81. The van der Waals surface area contributed by atoms with Crippen LogP contribution in [0.2, 0.25) is 0 Å². The third-order valence-electron chi connectivity index (χ3n) is 5.47. The van der Waals surface area contributed by atoms with E-state index in [1.54, 1.807) is 6.20 Å². The van der Waals surface area contributed by atoms with Crippen LogP contribution in [0.5, 0.6) is 0 Å². The zero-order valence-corrected chi connectivity index (χ0v) is 14.5. The zero-order valence-electron chi connectivity index (χ0n) is 14.5. The highest BCUT2D eigenvalue weighted by atomic mass is 16.5. The average Bonchev–Trinajstić information content (AvgIpc) is 2.63. The Morgan fingerprint density at radius 3 is 2.83 bits per heavy atom. The Hall–Kier alpha value is -1.20. The lowest BCUT2D eigenvalue weighted by molar-refractivity contribution is -0.0190. The van der Waals surface area contributed by atoms with E-state index >= 15 is 0 Å². The number of ether oxygens (including phenoxy) is 1. The second-order valence-corrected chi connectivity index (χ2v) is 7.02. The minimum atomic E-state index is 0.495. The molecule has 0 amide bonds. The van der Waals surface area contributed by atoms with Gasteiger partial charge in [-0.2, -0.15) is 5.10 Å². The quantitative estimate of drug-likeness (QED) is 0.835. The van der Waals surface area contributed by atoms with Crippen molar-refractivity contribution in [2.45, 2.75) is 51.2 Å². The van der Waals surface area contributed by atoms with E-state index in [1.807, 2.05) is 12.1 Å². The highest BCUT2D eigenvalue weighted by molar-refractivity contribution is 5.36. The number of likely N-dealkylation sites (tertiary alicyclic amines) is 1. The van der Waals surface area contributed by atoms with Gasteiger partial charge in [0.15, 0.2) is 5.82 Å². The molecule has 2 aliphatic rings. The SMILES string of the molecule is CC[C@@H]1C[C@H](CN2CCC(N(C)c3cccnn3)CC2)CCO1. The third-order valence-corrected chi connectivity index (χ3v) is 5.47. The summed E-state index contributed by atoms with van der Waals surface area (Å²) in [5.74, 6) is 1.81. The number of rotatable bonds is 5. The number of hydrogen-bond acceptors (Lipinski definition) is 5. The maximum atomic E-state index is 5.81. The highest BCUT2D eigenvalue weighted by Gasteiger charge is 2.27. The standard InChI is InChI=1S/C18H30N4O/c1-3-17-13-15(8-12-23-17)14-22-10-6-16(7-11-22)21(2)18-5-4-9-19-20-18/h4-5,9,15-17H,3,6-8,10-14H2,1-2H3/t15-,17-/m1/s1. The predicted octanol–water partition coefficient (Wildman–Crippen LogP) is 2.58. The van der Waals surface area contributed by atoms with E-state index in [0.717, 1.165) is 24.8 Å². The fraction of sp³-hybridized carbons (Fsp3) is 0.778. The topological polar surface area (TPSA) is 41.5 Å². The van der Waals surface area contributed by atoms with E-state index in [-0.39, 0.29) is 0 Å². The first-order chi connectivity index (χ1) is 11.3. The van der Waals surface area contributed by atoms with Crippen molar-refractivity contribution < 1.29 is 4.74 Å². The molecule has 0 radical (unpaired) electrons. The van der Waals surface area contributed by atoms with Gasteiger partial charge in [-0.3, -0.25) is 0 Å². The molecule has 3 heterocycles. The van der Waals surface area contributed by atoms with Gasteiger partial charge < -0.3 is 14.5 Å². The van der Waals surface area contributed by atoms with Gasteiger partial charge >= 0.3 is 0 Å². The van der Waals surface area contributed by atoms with E-state index in [2.05, 4.69) is 34.0 Å². The van der Waals surface area contributed by atoms with Crippen LogP contribution >= 0.6 is 0 Å². The molecule has 1 aromatic heterocycles. The van der Waals surface area contributed by atoms with Gasteiger partial charge in [0, 0.05) is 45.5 Å². The molecule has 0 unspecified atom stereocenters. The molecule has 3 rings (SSSR count). The molecule has 23 heavy (non-hydrogen) atoms. The monoisotopic (exact) mass is 318 g/mol. The van der Waals surface area contributed by atoms with E-state index in [0.29, 0.717) is 12.1 Å². The van der Waals surface area contributed by atoms with Crippen LogP contribution in [-0.2, 0) is 4.74 Å². The largest absolute Gasteiger partial charge is 0.378 e. The second-order valence-electron chi connectivity index (χ2n) is 7.02. The summed E-state index contributed by atoms with van der Waals surface area (Å²) in [6, 6.07) is 4.59. The average molecular weight is 318 g/mol. The van der Waals surface area contributed by atoms with Crippen molar-refractivity contribution in [3.05, 3.63) is 18.3 Å². The number of nitrogens with zero attached hydrogens (tertiary/aromatic N) is 4. The van der Waals surface area contributed by atoms with Crippen LogP contribution in [0.1, 0.15) is 39.0 Å². The van der Waals surface area contributed by atoms with Crippen molar-refractivity contribution in [3.8, 4) is 0 Å². The number of aromatic nitrogens is 2. The molecule has 0 N–H and O–H groups in total. The Morgan fingerprint density at radius 1 is 1.30 bits per heavy atom. The Labute approximate surface area is 140 Å². The fourth-order valence-corrected chi connectivity index (χ4v) is 3.93. The first-order valence-electron chi connectivity index (χ1n) is 9.10. The van der Waals surface area contributed by atoms with Crippen LogP contribution in [0, 0.1) is 5.92 Å². The second kappa shape index (κ2) is 8.06. The normalized spacial score (nSPS) is 27.0. The molecule has 0 aliphatic carbocycles. The van der Waals surface area contributed by atoms with Gasteiger partial charge in [-0.15, -0.1) is 5.10 Å². The summed E-state index contributed by atoms with van der Waals surface area (Å²) in [7, 11) is 2.15. The number of piperidine rings is 1. The van der Waals surface area contributed by atoms with Crippen molar-refractivity contribution in [3.63, 3.8) is 0 Å². The molecule has 0 aromatic carbocycles. The summed E-state index contributed by atoms with van der Waals surface area (Å²) in [4.78, 5) is 4.95. The smallest absolute Gasteiger partial charge is 0.151 e. The summed E-state index contributed by atoms with van der Waals surface area (Å²) in [6.45, 7) is 6.84. The Morgan fingerprint density at radius 2 is 2.13 bits per heavy atom. The molecule has 2 saturated heterocycles. The van der Waals surface area contributed by atoms with Gasteiger partial charge in [0.1, 0.15) is 0 Å². The van der Waals surface area contributed by atoms with Crippen LogP contribution in [0.4, 0.5) is 5.82 Å². The van der Waals surface area contributed by atoms with Gasteiger partial charge in [0.25, 0.3) is 0 Å². The van der Waals surface area contributed by atoms with Crippen molar-refractivity contribution in [2.75, 3.05) is 38.2 Å². The Bertz CT molecular complexity index is 461. The fourth-order valence-electron chi connectivity index (χ4n) is 3.93. The molecular weight excluding hydrogens is 288 g/mol. The van der Waals surface area contributed by atoms with Crippen molar-refractivity contribution >= 4 is 5.82 Å². The number of anilines is 1. The summed E-state index contributed by atoms with van der Waals surface area (Å²) in [6.07, 6.45) is 8.29. The third kappa shape index (κ3) is 4.42. The van der Waals surface area contributed by atoms with Crippen molar-refractivity contribution in [2.24, 2.45) is 5.92 Å². The van der Waals surface area contributed by atoms with E-state index in [9.17, 15) is 0 Å². The van der Waals surface area contributed by atoms with Gasteiger partial charge in [0.2, 0.25) is 0 Å². The lowest BCUT2D eigenvalue weighted by atomic mass is 9.92. The lowest BCUT2D eigenvalue weighted by Gasteiger charge is -2.39. The van der Waals surface area contributed by atoms with E-state index in [1.165, 1.54) is 45.3 Å². The van der Waals surface area contributed by atoms with Gasteiger partial charge in [-0.05, 0) is 50.2 Å². The minimum absolute atomic E-state index is 0.495. The first-order valence-corrected chi connectivity index (χ1v) is 9.10. The molecule has 1 aromatic rings. The van der Waals surface area contributed by atoms with Crippen LogP contribution in [-0.4, -0.2) is 60.5 Å². The van der Waals surface area contributed by atoms with Crippen LogP contribution < -0.4 is 4.90 Å². The van der Waals surface area contributed by atoms with Gasteiger partial charge in [0.05, 0.1) is 6.10 Å². The number of hydrogen-bond donors (Lipinski definition) is 0. The van der Waals surface area contributed by atoms with Crippen molar-refractivity contribution in [1.82, 2.24) is 15.1 Å². The molecule has 2 aliphatic heterocycles. The molecule has 0 bridgehead atoms. The summed E-state index contributed by atoms with van der Waals surface area (Å²) in [5.41, 5.74) is 0. The highest BCUT2D eigenvalue weighted by Crippen LogP contribution is 2.25. The van der Waals surface area contributed by atoms with Gasteiger partial charge in [-0.25, -0.2) is 0 Å². The summed E-state index contributed by atoms with van der Waals surface area (Å²) < 4.78 is 5.81. The van der Waals surface area contributed by atoms with Gasteiger partial charge in [-0.1, -0.05) is 6.92 Å². The lowest BCUT2D eigenvalue weighted by Crippen LogP contribution is -2.45. The van der Waals surface area contributed by atoms with Crippen LogP contribution in [0.15, 0.2) is 18.3 Å². The predicted molar refractivity (Wildman–Crippen MR) is 92.7 cm³/mol. The molecule has 128 valence electrons. The van der Waals surface area contributed by atoms with Crippen molar-refractivity contribution in [1.29, 1.82) is 0 Å². The first kappa shape index (κ1) is 16.7. The molecule has 5 heteroatoms. The summed E-state index contributed by atoms with van der Waals surface area (Å²) >= 11 is 0. The Balaban J connectivity index is 1.45. The Kier molecular flexibility index (Phi) is 5.84. The van der Waals surface area contributed by atoms with Crippen LogP contribution in [0.25, 0.3) is 0 Å². The molecule has 5 nitrogen and oxygen atoms in total. The van der Waals surface area contributed by atoms with E-state index in [4.69, 9.17) is 4.74 Å². The minimum Gasteiger partial charge on any atom is -0.378 e. The zero-order chi connectivity index (χ0) is 16.1. The molecular formula is C18H30N4O. The molecule has 0 spiro atoms. The summed E-state index contributed by atoms with van der Waals surface area (Å²) in [5, 5.41) is 8.23. The molecule has 0 saturated carbocycles. The maximum Gasteiger partial charge on any atom is 0.151 e.